The molecule has 0 saturated carbocycles. The number of benzene rings is 1. The summed E-state index contributed by atoms with van der Waals surface area (Å²) in [7, 11) is 0. The number of imidazole rings is 1. The SMILES string of the molecule is CCOc1cc(CNCc2ncc[nH]2)ccc1O. The second kappa shape index (κ2) is 6.07. The van der Waals surface area contributed by atoms with E-state index in [2.05, 4.69) is 15.3 Å². The van der Waals surface area contributed by atoms with Crippen LogP contribution in [0.15, 0.2) is 30.6 Å². The monoisotopic (exact) mass is 247 g/mol. The number of hydrogen-bond acceptors (Lipinski definition) is 4. The van der Waals surface area contributed by atoms with Gasteiger partial charge in [0.25, 0.3) is 0 Å². The number of nitrogens with one attached hydrogen (secondary N) is 2. The molecular formula is C13H17N3O2. The summed E-state index contributed by atoms with van der Waals surface area (Å²) in [4.78, 5) is 7.15. The van der Waals surface area contributed by atoms with E-state index >= 15 is 0 Å². The Morgan fingerprint density at radius 2 is 2.28 bits per heavy atom. The summed E-state index contributed by atoms with van der Waals surface area (Å²) in [6, 6.07) is 5.36. The number of rotatable bonds is 6. The summed E-state index contributed by atoms with van der Waals surface area (Å²) >= 11 is 0. The highest BCUT2D eigenvalue weighted by atomic mass is 16.5. The highest BCUT2D eigenvalue weighted by Crippen LogP contribution is 2.26. The van der Waals surface area contributed by atoms with E-state index in [1.165, 1.54) is 0 Å². The van der Waals surface area contributed by atoms with Crippen molar-refractivity contribution in [3.63, 3.8) is 0 Å². The molecule has 0 radical (unpaired) electrons. The Bertz CT molecular complexity index is 483. The van der Waals surface area contributed by atoms with E-state index in [4.69, 9.17) is 4.74 Å². The highest BCUT2D eigenvalue weighted by Gasteiger charge is 2.03. The Labute approximate surface area is 106 Å². The van der Waals surface area contributed by atoms with Crippen molar-refractivity contribution in [3.05, 3.63) is 42.0 Å². The summed E-state index contributed by atoms with van der Waals surface area (Å²) in [5, 5.41) is 12.8. The Balaban J connectivity index is 1.90. The summed E-state index contributed by atoms with van der Waals surface area (Å²) in [5.74, 6) is 1.60. The molecule has 0 unspecified atom stereocenters. The maximum absolute atomic E-state index is 9.58. The largest absolute Gasteiger partial charge is 0.504 e. The van der Waals surface area contributed by atoms with Crippen LogP contribution in [0.5, 0.6) is 11.5 Å². The van der Waals surface area contributed by atoms with Crippen molar-refractivity contribution in [3.8, 4) is 11.5 Å². The van der Waals surface area contributed by atoms with Crippen LogP contribution >= 0.6 is 0 Å². The molecule has 0 spiro atoms. The van der Waals surface area contributed by atoms with E-state index in [-0.39, 0.29) is 5.75 Å². The van der Waals surface area contributed by atoms with E-state index < -0.39 is 0 Å². The molecule has 2 aromatic rings. The number of aromatic hydroxyl groups is 1. The number of H-pyrrole nitrogens is 1. The van der Waals surface area contributed by atoms with Gasteiger partial charge in [0.1, 0.15) is 5.82 Å². The van der Waals surface area contributed by atoms with Gasteiger partial charge in [-0.15, -0.1) is 0 Å². The molecule has 5 heteroatoms. The third kappa shape index (κ3) is 3.24. The van der Waals surface area contributed by atoms with E-state index in [9.17, 15) is 5.11 Å². The predicted octanol–water partition coefficient (Wildman–Crippen LogP) is 1.80. The lowest BCUT2D eigenvalue weighted by Crippen LogP contribution is -2.13. The fourth-order valence-corrected chi connectivity index (χ4v) is 1.66. The van der Waals surface area contributed by atoms with Crippen molar-refractivity contribution in [1.82, 2.24) is 15.3 Å². The molecule has 0 aliphatic carbocycles. The van der Waals surface area contributed by atoms with E-state index in [1.807, 2.05) is 19.1 Å². The third-order valence-electron chi connectivity index (χ3n) is 2.50. The lowest BCUT2D eigenvalue weighted by molar-refractivity contribution is 0.317. The topological polar surface area (TPSA) is 70.2 Å². The van der Waals surface area contributed by atoms with Gasteiger partial charge >= 0.3 is 0 Å². The van der Waals surface area contributed by atoms with E-state index in [0.717, 1.165) is 11.4 Å². The van der Waals surface area contributed by atoms with Crippen molar-refractivity contribution < 1.29 is 9.84 Å². The van der Waals surface area contributed by atoms with Crippen molar-refractivity contribution >= 4 is 0 Å². The number of hydrogen-bond donors (Lipinski definition) is 3. The minimum Gasteiger partial charge on any atom is -0.504 e. The molecule has 1 heterocycles. The maximum Gasteiger partial charge on any atom is 0.161 e. The van der Waals surface area contributed by atoms with Gasteiger partial charge in [-0.3, -0.25) is 0 Å². The molecule has 1 aromatic carbocycles. The number of phenolic OH excluding ortho intramolecular Hbond substituents is 1. The van der Waals surface area contributed by atoms with Crippen LogP contribution in [0.25, 0.3) is 0 Å². The van der Waals surface area contributed by atoms with Gasteiger partial charge in [-0.1, -0.05) is 6.07 Å². The second-order valence-corrected chi connectivity index (χ2v) is 3.87. The predicted molar refractivity (Wildman–Crippen MR) is 68.4 cm³/mol. The van der Waals surface area contributed by atoms with Crippen LogP contribution in [0.2, 0.25) is 0 Å². The average Bonchev–Trinajstić information content (AvgIpc) is 2.87. The molecule has 0 saturated heterocycles. The summed E-state index contributed by atoms with van der Waals surface area (Å²) in [6.07, 6.45) is 3.52. The standard InChI is InChI=1S/C13H17N3O2/c1-2-18-12-7-10(3-4-11(12)17)8-14-9-13-15-5-6-16-13/h3-7,14,17H,2,8-9H2,1H3,(H,15,16). The third-order valence-corrected chi connectivity index (χ3v) is 2.50. The molecular weight excluding hydrogens is 230 g/mol. The van der Waals surface area contributed by atoms with Gasteiger partial charge < -0.3 is 20.1 Å². The summed E-state index contributed by atoms with van der Waals surface area (Å²) in [5.41, 5.74) is 1.06. The summed E-state index contributed by atoms with van der Waals surface area (Å²) in [6.45, 7) is 3.80. The van der Waals surface area contributed by atoms with Crippen LogP contribution in [0, 0.1) is 0 Å². The second-order valence-electron chi connectivity index (χ2n) is 3.87. The number of aromatic nitrogens is 2. The molecule has 0 amide bonds. The van der Waals surface area contributed by atoms with Crippen molar-refractivity contribution in [2.75, 3.05) is 6.61 Å². The van der Waals surface area contributed by atoms with Gasteiger partial charge in [0, 0.05) is 18.9 Å². The molecule has 5 nitrogen and oxygen atoms in total. The molecule has 0 atom stereocenters. The smallest absolute Gasteiger partial charge is 0.161 e. The minimum atomic E-state index is 0.173. The van der Waals surface area contributed by atoms with Gasteiger partial charge in [-0.05, 0) is 24.6 Å². The number of aromatic amines is 1. The maximum atomic E-state index is 9.58. The van der Waals surface area contributed by atoms with Crippen LogP contribution in [0.3, 0.4) is 0 Å². The van der Waals surface area contributed by atoms with Crippen molar-refractivity contribution in [2.24, 2.45) is 0 Å². The van der Waals surface area contributed by atoms with Gasteiger partial charge in [0.15, 0.2) is 11.5 Å². The van der Waals surface area contributed by atoms with Gasteiger partial charge in [0.05, 0.1) is 13.2 Å². The zero-order valence-electron chi connectivity index (χ0n) is 10.3. The van der Waals surface area contributed by atoms with Crippen LogP contribution in [0.1, 0.15) is 18.3 Å². The van der Waals surface area contributed by atoms with Crippen molar-refractivity contribution in [2.45, 2.75) is 20.0 Å². The molecule has 18 heavy (non-hydrogen) atoms. The fourth-order valence-electron chi connectivity index (χ4n) is 1.66. The number of ether oxygens (including phenoxy) is 1. The van der Waals surface area contributed by atoms with Crippen LogP contribution in [0.4, 0.5) is 0 Å². The van der Waals surface area contributed by atoms with Gasteiger partial charge in [0.2, 0.25) is 0 Å². The Morgan fingerprint density at radius 3 is 3.00 bits per heavy atom. The van der Waals surface area contributed by atoms with E-state index in [1.54, 1.807) is 18.5 Å². The Morgan fingerprint density at radius 1 is 1.39 bits per heavy atom. The Kier molecular flexibility index (Phi) is 4.20. The normalized spacial score (nSPS) is 10.5. The number of phenols is 1. The van der Waals surface area contributed by atoms with E-state index in [0.29, 0.717) is 25.4 Å². The average molecular weight is 247 g/mol. The number of nitrogens with zero attached hydrogens (tertiary/aromatic N) is 1. The van der Waals surface area contributed by atoms with Crippen LogP contribution in [-0.4, -0.2) is 21.7 Å². The zero-order valence-corrected chi connectivity index (χ0v) is 10.3. The van der Waals surface area contributed by atoms with Crippen molar-refractivity contribution in [1.29, 1.82) is 0 Å². The highest BCUT2D eigenvalue weighted by molar-refractivity contribution is 5.41. The Hall–Kier alpha value is -2.01. The first-order chi connectivity index (χ1) is 8.79. The lowest BCUT2D eigenvalue weighted by Gasteiger charge is -2.08. The molecule has 0 aliphatic rings. The van der Waals surface area contributed by atoms with Crippen LogP contribution in [-0.2, 0) is 13.1 Å². The van der Waals surface area contributed by atoms with Gasteiger partial charge in [-0.2, -0.15) is 0 Å². The quantitative estimate of drug-likeness (QED) is 0.728. The molecule has 1 aromatic heterocycles. The molecule has 0 bridgehead atoms. The minimum absolute atomic E-state index is 0.173. The molecule has 3 N–H and O–H groups in total. The summed E-state index contributed by atoms with van der Waals surface area (Å²) < 4.78 is 5.33. The first-order valence-electron chi connectivity index (χ1n) is 5.93. The molecule has 0 fully saturated rings. The lowest BCUT2D eigenvalue weighted by atomic mass is 10.2. The first kappa shape index (κ1) is 12.4. The fraction of sp³-hybridized carbons (Fsp3) is 0.308. The molecule has 0 aliphatic heterocycles. The molecule has 96 valence electrons. The first-order valence-corrected chi connectivity index (χ1v) is 5.93. The zero-order chi connectivity index (χ0) is 12.8. The molecule has 2 rings (SSSR count). The van der Waals surface area contributed by atoms with Gasteiger partial charge in [-0.25, -0.2) is 4.98 Å². The van der Waals surface area contributed by atoms with Crippen LogP contribution < -0.4 is 10.1 Å².